The average Bonchev–Trinajstić information content (AvgIpc) is 3.46. The van der Waals surface area contributed by atoms with Crippen molar-refractivity contribution < 1.29 is 23.5 Å². The van der Waals surface area contributed by atoms with Gasteiger partial charge in [0.05, 0.1) is 26.0 Å². The van der Waals surface area contributed by atoms with Gasteiger partial charge in [-0.25, -0.2) is 4.79 Å². The molecule has 29 heavy (non-hydrogen) atoms. The molecule has 2 heterocycles. The molecule has 0 saturated heterocycles. The molecule has 7 nitrogen and oxygen atoms in total. The molecular formula is C22H28N2O5. The first-order chi connectivity index (χ1) is 13.8. The highest BCUT2D eigenvalue weighted by atomic mass is 16.5. The van der Waals surface area contributed by atoms with Gasteiger partial charge in [-0.2, -0.15) is 0 Å². The number of furan rings is 1. The van der Waals surface area contributed by atoms with E-state index >= 15 is 0 Å². The van der Waals surface area contributed by atoms with Crippen molar-refractivity contribution in [3.05, 3.63) is 46.7 Å². The van der Waals surface area contributed by atoms with Crippen LogP contribution in [0, 0.1) is 19.8 Å². The van der Waals surface area contributed by atoms with Crippen molar-refractivity contribution >= 4 is 17.7 Å². The Morgan fingerprint density at radius 2 is 1.97 bits per heavy atom. The van der Waals surface area contributed by atoms with Crippen LogP contribution in [0.15, 0.2) is 22.8 Å². The Labute approximate surface area is 170 Å². The van der Waals surface area contributed by atoms with E-state index in [1.165, 1.54) is 7.11 Å². The van der Waals surface area contributed by atoms with Crippen molar-refractivity contribution in [1.82, 2.24) is 9.88 Å². The van der Waals surface area contributed by atoms with Crippen LogP contribution in [0.3, 0.4) is 0 Å². The normalized spacial score (nSPS) is 15.3. The standard InChI is InChI=1S/C22H28N2O5/c1-13-18(14(2)23-19(13)22(27)28-4)20(25)15(3)24(12-17-10-7-11-29-17)21(26)16-8-5-6-9-16/h7,10-11,15-16,23H,5-6,8-9,12H2,1-4H3. The van der Waals surface area contributed by atoms with Crippen LogP contribution in [0.1, 0.15) is 70.5 Å². The number of esters is 1. The zero-order valence-corrected chi connectivity index (χ0v) is 17.4. The van der Waals surface area contributed by atoms with E-state index in [-0.39, 0.29) is 29.8 Å². The molecule has 7 heteroatoms. The predicted molar refractivity (Wildman–Crippen MR) is 107 cm³/mol. The lowest BCUT2D eigenvalue weighted by molar-refractivity contribution is -0.137. The maximum Gasteiger partial charge on any atom is 0.354 e. The number of hydrogen-bond donors (Lipinski definition) is 1. The minimum atomic E-state index is -0.688. The number of ether oxygens (including phenoxy) is 1. The third-order valence-electron chi connectivity index (χ3n) is 5.81. The van der Waals surface area contributed by atoms with Crippen LogP contribution >= 0.6 is 0 Å². The quantitative estimate of drug-likeness (QED) is 0.564. The molecule has 0 spiro atoms. The smallest absolute Gasteiger partial charge is 0.354 e. The molecule has 0 aliphatic heterocycles. The number of aryl methyl sites for hydroxylation is 1. The number of nitrogens with zero attached hydrogens (tertiary/aromatic N) is 1. The summed E-state index contributed by atoms with van der Waals surface area (Å²) in [5.74, 6) is -0.164. The maximum absolute atomic E-state index is 13.4. The van der Waals surface area contributed by atoms with E-state index in [1.54, 1.807) is 44.1 Å². The Bertz CT molecular complexity index is 891. The van der Waals surface area contributed by atoms with Crippen molar-refractivity contribution in [2.75, 3.05) is 7.11 Å². The summed E-state index contributed by atoms with van der Waals surface area (Å²) in [6.07, 6.45) is 5.33. The summed E-state index contributed by atoms with van der Waals surface area (Å²) in [7, 11) is 1.30. The molecular weight excluding hydrogens is 372 g/mol. The number of H-pyrrole nitrogens is 1. The van der Waals surface area contributed by atoms with E-state index in [0.29, 0.717) is 22.6 Å². The molecule has 1 aliphatic carbocycles. The Morgan fingerprint density at radius 1 is 1.28 bits per heavy atom. The molecule has 1 fully saturated rings. The molecule has 1 aliphatic rings. The molecule has 1 amide bonds. The molecule has 3 rings (SSSR count). The number of Topliss-reactive ketones (excluding diaryl/α,β-unsaturated/α-hetero) is 1. The lowest BCUT2D eigenvalue weighted by atomic mass is 9.98. The molecule has 0 bridgehead atoms. The minimum absolute atomic E-state index is 0.0150. The van der Waals surface area contributed by atoms with Gasteiger partial charge in [-0.05, 0) is 51.3 Å². The van der Waals surface area contributed by atoms with Gasteiger partial charge in [0.15, 0.2) is 5.78 Å². The number of carbonyl (C=O) groups excluding carboxylic acids is 3. The van der Waals surface area contributed by atoms with Crippen LogP contribution in [0.25, 0.3) is 0 Å². The van der Waals surface area contributed by atoms with E-state index in [2.05, 4.69) is 4.98 Å². The number of rotatable bonds is 7. The van der Waals surface area contributed by atoms with Crippen LogP contribution in [0.4, 0.5) is 0 Å². The molecule has 0 radical (unpaired) electrons. The SMILES string of the molecule is COC(=O)c1[nH]c(C)c(C(=O)C(C)N(Cc2ccco2)C(=O)C2CCCC2)c1C. The van der Waals surface area contributed by atoms with E-state index in [4.69, 9.17) is 9.15 Å². The highest BCUT2D eigenvalue weighted by molar-refractivity contribution is 6.06. The summed E-state index contributed by atoms with van der Waals surface area (Å²) in [6, 6.07) is 2.88. The highest BCUT2D eigenvalue weighted by Crippen LogP contribution is 2.29. The van der Waals surface area contributed by atoms with Crippen LogP contribution < -0.4 is 0 Å². The Morgan fingerprint density at radius 3 is 2.55 bits per heavy atom. The number of hydrogen-bond acceptors (Lipinski definition) is 5. The van der Waals surface area contributed by atoms with E-state index in [0.717, 1.165) is 25.7 Å². The summed E-state index contributed by atoms with van der Waals surface area (Å²) in [5.41, 5.74) is 1.82. The van der Waals surface area contributed by atoms with Crippen molar-refractivity contribution in [2.24, 2.45) is 5.92 Å². The number of methoxy groups -OCH3 is 1. The van der Waals surface area contributed by atoms with Crippen molar-refractivity contribution in [3.8, 4) is 0 Å². The fraction of sp³-hybridized carbons (Fsp3) is 0.500. The summed E-state index contributed by atoms with van der Waals surface area (Å²) in [4.78, 5) is 43.2. The molecule has 1 N–H and O–H groups in total. The third kappa shape index (κ3) is 4.13. The van der Waals surface area contributed by atoms with Crippen LogP contribution in [-0.2, 0) is 16.1 Å². The fourth-order valence-electron chi connectivity index (χ4n) is 4.16. The topological polar surface area (TPSA) is 92.6 Å². The number of ketones is 1. The number of amides is 1. The van der Waals surface area contributed by atoms with Crippen molar-refractivity contribution in [3.63, 3.8) is 0 Å². The molecule has 1 unspecified atom stereocenters. The first-order valence-electron chi connectivity index (χ1n) is 9.99. The van der Waals surface area contributed by atoms with Crippen LogP contribution in [0.5, 0.6) is 0 Å². The van der Waals surface area contributed by atoms with Crippen LogP contribution in [-0.4, -0.2) is 40.7 Å². The summed E-state index contributed by atoms with van der Waals surface area (Å²) in [5, 5.41) is 0. The molecule has 0 aromatic carbocycles. The summed E-state index contributed by atoms with van der Waals surface area (Å²) < 4.78 is 10.2. The number of carbonyl (C=O) groups is 3. The van der Waals surface area contributed by atoms with Gasteiger partial charge in [-0.3, -0.25) is 9.59 Å². The van der Waals surface area contributed by atoms with Gasteiger partial charge >= 0.3 is 5.97 Å². The Kier molecular flexibility index (Phi) is 6.25. The van der Waals surface area contributed by atoms with Crippen molar-refractivity contribution in [1.29, 1.82) is 0 Å². The molecule has 1 saturated carbocycles. The first-order valence-corrected chi connectivity index (χ1v) is 9.99. The lowest BCUT2D eigenvalue weighted by Gasteiger charge is -2.30. The summed E-state index contributed by atoms with van der Waals surface area (Å²) in [6.45, 7) is 5.43. The van der Waals surface area contributed by atoms with Crippen molar-refractivity contribution in [2.45, 2.75) is 59.0 Å². The zero-order valence-electron chi connectivity index (χ0n) is 17.4. The van der Waals surface area contributed by atoms with Gasteiger partial charge in [0.25, 0.3) is 0 Å². The second-order valence-corrected chi connectivity index (χ2v) is 7.68. The molecule has 1 atom stereocenters. The third-order valence-corrected chi connectivity index (χ3v) is 5.81. The number of aromatic nitrogens is 1. The Balaban J connectivity index is 1.91. The van der Waals surface area contributed by atoms with Gasteiger partial charge in [0.2, 0.25) is 5.91 Å². The molecule has 2 aromatic rings. The molecule has 156 valence electrons. The highest BCUT2D eigenvalue weighted by Gasteiger charge is 2.35. The largest absolute Gasteiger partial charge is 0.467 e. The second kappa shape index (κ2) is 8.68. The van der Waals surface area contributed by atoms with E-state index in [9.17, 15) is 14.4 Å². The number of aromatic amines is 1. The maximum atomic E-state index is 13.4. The first kappa shape index (κ1) is 20.9. The monoisotopic (exact) mass is 400 g/mol. The van der Waals surface area contributed by atoms with Crippen LogP contribution in [0.2, 0.25) is 0 Å². The van der Waals surface area contributed by atoms with Gasteiger partial charge in [0.1, 0.15) is 11.5 Å². The predicted octanol–water partition coefficient (Wildman–Crippen LogP) is 3.80. The average molecular weight is 400 g/mol. The fourth-order valence-corrected chi connectivity index (χ4v) is 4.16. The van der Waals surface area contributed by atoms with E-state index < -0.39 is 12.0 Å². The van der Waals surface area contributed by atoms with Gasteiger partial charge in [0, 0.05) is 17.2 Å². The zero-order chi connectivity index (χ0) is 21.1. The lowest BCUT2D eigenvalue weighted by Crippen LogP contribution is -2.45. The summed E-state index contributed by atoms with van der Waals surface area (Å²) >= 11 is 0. The Hall–Kier alpha value is -2.83. The molecule has 2 aromatic heterocycles. The number of nitrogens with one attached hydrogen (secondary N) is 1. The van der Waals surface area contributed by atoms with Gasteiger partial charge in [-0.1, -0.05) is 12.8 Å². The minimum Gasteiger partial charge on any atom is -0.467 e. The van der Waals surface area contributed by atoms with E-state index in [1.807, 2.05) is 0 Å². The van der Waals surface area contributed by atoms with Gasteiger partial charge in [-0.15, -0.1) is 0 Å². The second-order valence-electron chi connectivity index (χ2n) is 7.68. The van der Waals surface area contributed by atoms with Gasteiger partial charge < -0.3 is 19.0 Å².